The van der Waals surface area contributed by atoms with Gasteiger partial charge in [0, 0.05) is 5.39 Å². The van der Waals surface area contributed by atoms with E-state index in [0.717, 1.165) is 17.4 Å². The van der Waals surface area contributed by atoms with Crippen LogP contribution in [-0.4, -0.2) is 31.9 Å². The molecule has 0 spiro atoms. The number of halogens is 3. The molecule has 4 rings (SSSR count). The molecule has 0 saturated carbocycles. The first-order valence-corrected chi connectivity index (χ1v) is 10.2. The maximum atomic E-state index is 13.5. The van der Waals surface area contributed by atoms with E-state index in [1.54, 1.807) is 30.3 Å². The second kappa shape index (κ2) is 8.52. The molecule has 0 bridgehead atoms. The summed E-state index contributed by atoms with van der Waals surface area (Å²) in [5, 5.41) is 18.6. The van der Waals surface area contributed by atoms with E-state index >= 15 is 0 Å². The number of primary amides is 1. The van der Waals surface area contributed by atoms with Crippen molar-refractivity contribution in [3.05, 3.63) is 67.8 Å². The number of carbonyl (C=O) groups excluding carboxylic acids is 2. The standard InChI is InChI=1S/C19H11ClF2N6O4S/c20-11-13(26-27-17(11)28(31)32)18(30)25-12-10-8(7-4-2-1-3-5-7)6-9(15(21)22)24-19(10)33-14(12)16(23)29/h1-6,15H,(H2,23,29)(H,25,30)(H,26,27). The number of nitrogens with one attached hydrogen (secondary N) is 2. The van der Waals surface area contributed by atoms with Crippen LogP contribution in [0.5, 0.6) is 0 Å². The van der Waals surface area contributed by atoms with Gasteiger partial charge < -0.3 is 21.2 Å². The zero-order chi connectivity index (χ0) is 23.9. The molecule has 0 aliphatic rings. The SMILES string of the molecule is NC(=O)c1sc2nc(C(F)F)cc(-c3ccccc3)c2c1NC(=O)c1n[nH]c([N+](=O)[O-])c1Cl. The van der Waals surface area contributed by atoms with E-state index in [4.69, 9.17) is 17.3 Å². The van der Waals surface area contributed by atoms with Crippen molar-refractivity contribution in [2.24, 2.45) is 5.73 Å². The summed E-state index contributed by atoms with van der Waals surface area (Å²) < 4.78 is 27.0. The molecule has 0 atom stereocenters. The fourth-order valence-corrected chi connectivity index (χ4v) is 4.38. The highest BCUT2D eigenvalue weighted by atomic mass is 35.5. The van der Waals surface area contributed by atoms with Crippen molar-refractivity contribution in [2.45, 2.75) is 6.43 Å². The number of nitrogens with two attached hydrogens (primary N) is 1. The number of pyridine rings is 1. The highest BCUT2D eigenvalue weighted by Crippen LogP contribution is 2.42. The minimum Gasteiger partial charge on any atom is -0.365 e. The van der Waals surface area contributed by atoms with Crippen molar-refractivity contribution in [3.8, 4) is 11.1 Å². The Morgan fingerprint density at radius 2 is 1.97 bits per heavy atom. The summed E-state index contributed by atoms with van der Waals surface area (Å²) in [4.78, 5) is 38.8. The van der Waals surface area contributed by atoms with Gasteiger partial charge in [0.1, 0.15) is 15.4 Å². The van der Waals surface area contributed by atoms with E-state index in [1.165, 1.54) is 0 Å². The number of hydrogen-bond donors (Lipinski definition) is 3. The molecular weight excluding hydrogens is 482 g/mol. The number of nitrogens with zero attached hydrogens (tertiary/aromatic N) is 3. The van der Waals surface area contributed by atoms with Gasteiger partial charge in [0.25, 0.3) is 18.2 Å². The van der Waals surface area contributed by atoms with Gasteiger partial charge in [-0.2, -0.15) is 0 Å². The van der Waals surface area contributed by atoms with E-state index in [9.17, 15) is 28.5 Å². The fraction of sp³-hybridized carbons (Fsp3) is 0.0526. The maximum Gasteiger partial charge on any atom is 0.362 e. The topological polar surface area (TPSA) is 157 Å². The molecular formula is C19H11ClF2N6O4S. The third-order valence-electron chi connectivity index (χ3n) is 4.54. The zero-order valence-electron chi connectivity index (χ0n) is 16.1. The molecule has 0 unspecified atom stereocenters. The van der Waals surface area contributed by atoms with Gasteiger partial charge in [0.15, 0.2) is 10.7 Å². The number of amides is 2. The molecule has 168 valence electrons. The number of nitro groups is 1. The first-order chi connectivity index (χ1) is 15.7. The van der Waals surface area contributed by atoms with E-state index in [1.807, 2.05) is 5.10 Å². The van der Waals surface area contributed by atoms with Crippen LogP contribution in [0.2, 0.25) is 5.02 Å². The van der Waals surface area contributed by atoms with Crippen molar-refractivity contribution in [2.75, 3.05) is 5.32 Å². The van der Waals surface area contributed by atoms with E-state index in [2.05, 4.69) is 15.4 Å². The van der Waals surface area contributed by atoms with Crippen LogP contribution in [0.25, 0.3) is 21.3 Å². The molecule has 0 aliphatic heterocycles. The van der Waals surface area contributed by atoms with Crippen molar-refractivity contribution in [1.82, 2.24) is 15.2 Å². The third kappa shape index (κ3) is 3.99. The minimum absolute atomic E-state index is 0.0369. The van der Waals surface area contributed by atoms with Crippen LogP contribution in [0.3, 0.4) is 0 Å². The van der Waals surface area contributed by atoms with Gasteiger partial charge in [0.2, 0.25) is 0 Å². The molecule has 0 fully saturated rings. The number of hydrogen-bond acceptors (Lipinski definition) is 7. The molecule has 4 aromatic rings. The van der Waals surface area contributed by atoms with E-state index < -0.39 is 45.4 Å². The smallest absolute Gasteiger partial charge is 0.362 e. The maximum absolute atomic E-state index is 13.5. The van der Waals surface area contributed by atoms with Crippen LogP contribution < -0.4 is 11.1 Å². The summed E-state index contributed by atoms with van der Waals surface area (Å²) in [5.74, 6) is -2.62. The Bertz CT molecular complexity index is 1420. The monoisotopic (exact) mass is 492 g/mol. The highest BCUT2D eigenvalue weighted by Gasteiger charge is 2.29. The quantitative estimate of drug-likeness (QED) is 0.265. The lowest BCUT2D eigenvalue weighted by Crippen LogP contribution is -2.17. The number of fused-ring (bicyclic) bond motifs is 1. The van der Waals surface area contributed by atoms with E-state index in [-0.39, 0.29) is 26.3 Å². The minimum atomic E-state index is -2.89. The average Bonchev–Trinajstić information content (AvgIpc) is 3.34. The van der Waals surface area contributed by atoms with Crippen LogP contribution in [0.4, 0.5) is 20.3 Å². The summed E-state index contributed by atoms with van der Waals surface area (Å²) in [6.07, 6.45) is -2.89. The number of thiophene rings is 1. The molecule has 1 aromatic carbocycles. The van der Waals surface area contributed by atoms with Gasteiger partial charge in [0.05, 0.1) is 5.69 Å². The largest absolute Gasteiger partial charge is 0.365 e. The fourth-order valence-electron chi connectivity index (χ4n) is 3.13. The van der Waals surface area contributed by atoms with Gasteiger partial charge >= 0.3 is 5.82 Å². The lowest BCUT2D eigenvalue weighted by Gasteiger charge is -2.10. The predicted molar refractivity (Wildman–Crippen MR) is 117 cm³/mol. The van der Waals surface area contributed by atoms with Crippen LogP contribution >= 0.6 is 22.9 Å². The van der Waals surface area contributed by atoms with Gasteiger partial charge in [-0.05, 0) is 22.1 Å². The Morgan fingerprint density at radius 1 is 1.27 bits per heavy atom. The molecule has 0 saturated heterocycles. The summed E-state index contributed by atoms with van der Waals surface area (Å²) in [6.45, 7) is 0. The number of aromatic amines is 1. The number of rotatable bonds is 6. The molecule has 3 aromatic heterocycles. The van der Waals surface area contributed by atoms with Crippen LogP contribution in [-0.2, 0) is 0 Å². The number of H-pyrrole nitrogens is 1. The second-order valence-corrected chi connectivity index (χ2v) is 7.94. The number of benzene rings is 1. The Kier molecular flexibility index (Phi) is 5.74. The van der Waals surface area contributed by atoms with Crippen LogP contribution in [0.1, 0.15) is 32.3 Å². The van der Waals surface area contributed by atoms with Crippen molar-refractivity contribution in [3.63, 3.8) is 0 Å². The first kappa shape index (κ1) is 22.2. The number of carbonyl (C=O) groups is 2. The summed E-state index contributed by atoms with van der Waals surface area (Å²) in [7, 11) is 0. The zero-order valence-corrected chi connectivity index (χ0v) is 17.7. The van der Waals surface area contributed by atoms with Crippen molar-refractivity contribution in [1.29, 1.82) is 0 Å². The molecule has 2 amide bonds. The van der Waals surface area contributed by atoms with Gasteiger partial charge in [-0.3, -0.25) is 9.59 Å². The third-order valence-corrected chi connectivity index (χ3v) is 6.00. The van der Waals surface area contributed by atoms with Crippen LogP contribution in [0.15, 0.2) is 36.4 Å². The Hall–Kier alpha value is -3.97. The van der Waals surface area contributed by atoms with Gasteiger partial charge in [-0.1, -0.05) is 47.0 Å². The highest BCUT2D eigenvalue weighted by molar-refractivity contribution is 7.21. The molecule has 3 heterocycles. The van der Waals surface area contributed by atoms with Gasteiger partial charge in [-0.25, -0.2) is 13.8 Å². The lowest BCUT2D eigenvalue weighted by atomic mass is 10.0. The van der Waals surface area contributed by atoms with Crippen LogP contribution in [0, 0.1) is 10.1 Å². The summed E-state index contributed by atoms with van der Waals surface area (Å²) >= 11 is 6.60. The first-order valence-electron chi connectivity index (χ1n) is 8.99. The van der Waals surface area contributed by atoms with Crippen molar-refractivity contribution >= 4 is 56.5 Å². The molecule has 0 aliphatic carbocycles. The van der Waals surface area contributed by atoms with E-state index in [0.29, 0.717) is 5.56 Å². The predicted octanol–water partition coefficient (Wildman–Crippen LogP) is 4.54. The second-order valence-electron chi connectivity index (χ2n) is 6.56. The normalized spacial score (nSPS) is 11.2. The van der Waals surface area contributed by atoms with Gasteiger partial charge in [-0.15, -0.1) is 16.4 Å². The molecule has 14 heteroatoms. The Balaban J connectivity index is 1.93. The number of alkyl halides is 2. The summed E-state index contributed by atoms with van der Waals surface area (Å²) in [6, 6.07) is 9.57. The Morgan fingerprint density at radius 3 is 2.55 bits per heavy atom. The number of aromatic nitrogens is 3. The molecule has 4 N–H and O–H groups in total. The summed E-state index contributed by atoms with van der Waals surface area (Å²) in [5.41, 5.74) is 5.13. The lowest BCUT2D eigenvalue weighted by molar-refractivity contribution is -0.389. The number of anilines is 1. The van der Waals surface area contributed by atoms with Crippen molar-refractivity contribution < 1.29 is 23.3 Å². The average molecular weight is 493 g/mol. The molecule has 10 nitrogen and oxygen atoms in total. The molecule has 0 radical (unpaired) electrons. The Labute approximate surface area is 191 Å². The molecule has 33 heavy (non-hydrogen) atoms.